The molecule has 1 aliphatic heterocycles. The van der Waals surface area contributed by atoms with Crippen LogP contribution in [0.3, 0.4) is 0 Å². The summed E-state index contributed by atoms with van der Waals surface area (Å²) in [6, 6.07) is 4.25. The Morgan fingerprint density at radius 1 is 1.05 bits per heavy atom. The van der Waals surface area contributed by atoms with Crippen molar-refractivity contribution in [1.82, 2.24) is 4.90 Å². The highest BCUT2D eigenvalue weighted by molar-refractivity contribution is 6.17. The molecule has 0 bridgehead atoms. The second-order valence-electron chi connectivity index (χ2n) is 4.86. The molecule has 0 radical (unpaired) electrons. The maximum atomic E-state index is 5.77. The smallest absolute Gasteiger partial charge is 0.161 e. The average molecular weight is 284 g/mol. The van der Waals surface area contributed by atoms with Gasteiger partial charge in [-0.25, -0.2) is 0 Å². The lowest BCUT2D eigenvalue weighted by Gasteiger charge is -2.18. The minimum absolute atomic E-state index is 0.741. The van der Waals surface area contributed by atoms with Crippen LogP contribution in [0.2, 0.25) is 0 Å². The van der Waals surface area contributed by atoms with Gasteiger partial charge < -0.3 is 14.4 Å². The van der Waals surface area contributed by atoms with Crippen LogP contribution in [-0.4, -0.2) is 44.6 Å². The molecule has 0 saturated heterocycles. The molecule has 0 aliphatic carbocycles. The van der Waals surface area contributed by atoms with Crippen LogP contribution in [0.5, 0.6) is 11.5 Å². The SMILES string of the molecule is COc1cc2c(cc1OC)CCN(CCCCl)CC2. The van der Waals surface area contributed by atoms with Crippen LogP contribution in [0.25, 0.3) is 0 Å². The van der Waals surface area contributed by atoms with Crippen LogP contribution in [0.4, 0.5) is 0 Å². The number of benzene rings is 1. The predicted molar refractivity (Wildman–Crippen MR) is 78.7 cm³/mol. The fraction of sp³-hybridized carbons (Fsp3) is 0.600. The molecule has 0 fully saturated rings. The summed E-state index contributed by atoms with van der Waals surface area (Å²) in [6.07, 6.45) is 3.19. The van der Waals surface area contributed by atoms with Gasteiger partial charge in [0.25, 0.3) is 0 Å². The summed E-state index contributed by atoms with van der Waals surface area (Å²) in [6.45, 7) is 3.28. The highest BCUT2D eigenvalue weighted by atomic mass is 35.5. The number of alkyl halides is 1. The number of ether oxygens (including phenoxy) is 2. The molecule has 1 heterocycles. The number of halogens is 1. The van der Waals surface area contributed by atoms with Gasteiger partial charge >= 0.3 is 0 Å². The maximum Gasteiger partial charge on any atom is 0.161 e. The van der Waals surface area contributed by atoms with Gasteiger partial charge in [0, 0.05) is 19.0 Å². The lowest BCUT2D eigenvalue weighted by molar-refractivity contribution is 0.289. The van der Waals surface area contributed by atoms with Crippen molar-refractivity contribution in [2.75, 3.05) is 39.7 Å². The minimum Gasteiger partial charge on any atom is -0.493 e. The fourth-order valence-electron chi connectivity index (χ4n) is 2.60. The molecule has 106 valence electrons. The van der Waals surface area contributed by atoms with E-state index in [0.717, 1.165) is 56.3 Å². The molecule has 0 amide bonds. The molecule has 0 spiro atoms. The first-order chi connectivity index (χ1) is 9.28. The van der Waals surface area contributed by atoms with Crippen molar-refractivity contribution in [2.45, 2.75) is 19.3 Å². The number of hydrogen-bond donors (Lipinski definition) is 0. The van der Waals surface area contributed by atoms with E-state index in [-0.39, 0.29) is 0 Å². The molecule has 2 rings (SSSR count). The summed E-state index contributed by atoms with van der Waals surface area (Å²) in [7, 11) is 3.38. The molecule has 0 aromatic heterocycles. The van der Waals surface area contributed by atoms with Gasteiger partial charge in [-0.2, -0.15) is 0 Å². The Morgan fingerprint density at radius 2 is 1.58 bits per heavy atom. The molecular formula is C15H22ClNO2. The standard InChI is InChI=1S/C15H22ClNO2/c1-18-14-10-12-4-8-17(7-3-6-16)9-5-13(12)11-15(14)19-2/h10-11H,3-9H2,1-2H3. The Balaban J connectivity index is 2.13. The maximum absolute atomic E-state index is 5.77. The van der Waals surface area contributed by atoms with Crippen molar-refractivity contribution >= 4 is 11.6 Å². The van der Waals surface area contributed by atoms with Gasteiger partial charge in [-0.05, 0) is 49.1 Å². The average Bonchev–Trinajstić information content (AvgIpc) is 2.65. The third-order valence-corrected chi connectivity index (χ3v) is 3.98. The molecule has 0 unspecified atom stereocenters. The lowest BCUT2D eigenvalue weighted by atomic mass is 10.0. The zero-order valence-electron chi connectivity index (χ0n) is 11.7. The Labute approximate surface area is 120 Å². The van der Waals surface area contributed by atoms with E-state index in [1.165, 1.54) is 11.1 Å². The van der Waals surface area contributed by atoms with Crippen molar-refractivity contribution in [3.05, 3.63) is 23.3 Å². The number of methoxy groups -OCH3 is 2. The summed E-state index contributed by atoms with van der Waals surface area (Å²) in [5, 5.41) is 0. The summed E-state index contributed by atoms with van der Waals surface area (Å²) >= 11 is 5.77. The third kappa shape index (κ3) is 3.54. The molecule has 0 saturated carbocycles. The quantitative estimate of drug-likeness (QED) is 0.776. The number of fused-ring (bicyclic) bond motifs is 1. The van der Waals surface area contributed by atoms with Crippen molar-refractivity contribution in [3.8, 4) is 11.5 Å². The molecule has 1 aromatic carbocycles. The molecule has 19 heavy (non-hydrogen) atoms. The van der Waals surface area contributed by atoms with Crippen LogP contribution in [0.15, 0.2) is 12.1 Å². The first-order valence-corrected chi connectivity index (χ1v) is 7.34. The van der Waals surface area contributed by atoms with E-state index in [0.29, 0.717) is 0 Å². The molecule has 3 nitrogen and oxygen atoms in total. The topological polar surface area (TPSA) is 21.7 Å². The summed E-state index contributed by atoms with van der Waals surface area (Å²) in [4.78, 5) is 2.49. The highest BCUT2D eigenvalue weighted by Gasteiger charge is 2.16. The molecule has 1 aromatic rings. The minimum atomic E-state index is 0.741. The van der Waals surface area contributed by atoms with Gasteiger partial charge in [-0.3, -0.25) is 0 Å². The Kier molecular flexibility index (Phi) is 5.34. The van der Waals surface area contributed by atoms with E-state index in [2.05, 4.69) is 17.0 Å². The fourth-order valence-corrected chi connectivity index (χ4v) is 2.72. The number of rotatable bonds is 5. The lowest BCUT2D eigenvalue weighted by Crippen LogP contribution is -2.27. The summed E-state index contributed by atoms with van der Waals surface area (Å²) in [5.41, 5.74) is 2.76. The Hall–Kier alpha value is -0.930. The van der Waals surface area contributed by atoms with E-state index >= 15 is 0 Å². The van der Waals surface area contributed by atoms with Crippen molar-refractivity contribution in [1.29, 1.82) is 0 Å². The van der Waals surface area contributed by atoms with Crippen molar-refractivity contribution < 1.29 is 9.47 Å². The van der Waals surface area contributed by atoms with Crippen LogP contribution >= 0.6 is 11.6 Å². The van der Waals surface area contributed by atoms with Crippen molar-refractivity contribution in [3.63, 3.8) is 0 Å². The normalized spacial score (nSPS) is 15.7. The summed E-state index contributed by atoms with van der Waals surface area (Å²) in [5.74, 6) is 2.40. The van der Waals surface area contributed by atoms with E-state index < -0.39 is 0 Å². The monoisotopic (exact) mass is 283 g/mol. The third-order valence-electron chi connectivity index (χ3n) is 3.71. The molecule has 0 N–H and O–H groups in total. The largest absolute Gasteiger partial charge is 0.493 e. The van der Waals surface area contributed by atoms with Gasteiger partial charge in [0.15, 0.2) is 11.5 Å². The second kappa shape index (κ2) is 7.01. The summed E-state index contributed by atoms with van der Waals surface area (Å²) < 4.78 is 10.8. The number of nitrogens with zero attached hydrogens (tertiary/aromatic N) is 1. The van der Waals surface area contributed by atoms with E-state index in [1.807, 2.05) is 0 Å². The number of hydrogen-bond acceptors (Lipinski definition) is 3. The van der Waals surface area contributed by atoms with Crippen LogP contribution in [-0.2, 0) is 12.8 Å². The molecule has 4 heteroatoms. The van der Waals surface area contributed by atoms with Crippen LogP contribution in [0.1, 0.15) is 17.5 Å². The molecular weight excluding hydrogens is 262 g/mol. The molecule has 0 atom stereocenters. The van der Waals surface area contributed by atoms with E-state index in [9.17, 15) is 0 Å². The van der Waals surface area contributed by atoms with Crippen LogP contribution < -0.4 is 9.47 Å². The Morgan fingerprint density at radius 3 is 2.00 bits per heavy atom. The first-order valence-electron chi connectivity index (χ1n) is 6.80. The van der Waals surface area contributed by atoms with Crippen molar-refractivity contribution in [2.24, 2.45) is 0 Å². The van der Waals surface area contributed by atoms with E-state index in [4.69, 9.17) is 21.1 Å². The second-order valence-corrected chi connectivity index (χ2v) is 5.24. The molecule has 1 aliphatic rings. The first kappa shape index (κ1) is 14.5. The highest BCUT2D eigenvalue weighted by Crippen LogP contribution is 2.32. The zero-order valence-corrected chi connectivity index (χ0v) is 12.5. The van der Waals surface area contributed by atoms with Gasteiger partial charge in [-0.1, -0.05) is 0 Å². The van der Waals surface area contributed by atoms with Gasteiger partial charge in [0.05, 0.1) is 14.2 Å². The van der Waals surface area contributed by atoms with Crippen LogP contribution in [0, 0.1) is 0 Å². The Bertz CT molecular complexity index is 388. The zero-order chi connectivity index (χ0) is 13.7. The van der Waals surface area contributed by atoms with E-state index in [1.54, 1.807) is 14.2 Å². The van der Waals surface area contributed by atoms with Gasteiger partial charge in [-0.15, -0.1) is 11.6 Å². The predicted octanol–water partition coefficient (Wildman–Crippen LogP) is 2.73. The van der Waals surface area contributed by atoms with Gasteiger partial charge in [0.2, 0.25) is 0 Å². The van der Waals surface area contributed by atoms with Gasteiger partial charge in [0.1, 0.15) is 0 Å².